The molecule has 0 spiro atoms. The third-order valence-electron chi connectivity index (χ3n) is 1.64. The van der Waals surface area contributed by atoms with Crippen LogP contribution in [0.25, 0.3) is 0 Å². The summed E-state index contributed by atoms with van der Waals surface area (Å²) in [7, 11) is 0. The molecule has 0 N–H and O–H groups in total. The van der Waals surface area contributed by atoms with E-state index in [9.17, 15) is 0 Å². The van der Waals surface area contributed by atoms with Crippen LogP contribution in [0, 0.1) is 6.92 Å². The molecule has 0 amide bonds. The van der Waals surface area contributed by atoms with Crippen molar-refractivity contribution in [2.24, 2.45) is 0 Å². The van der Waals surface area contributed by atoms with Crippen LogP contribution in [0.4, 0.5) is 0 Å². The highest BCUT2D eigenvalue weighted by Crippen LogP contribution is 2.17. The molecule has 0 bridgehead atoms. The average Bonchev–Trinajstić information content (AvgIpc) is 2.09. The highest BCUT2D eigenvalue weighted by Gasteiger charge is 2.02. The van der Waals surface area contributed by atoms with Gasteiger partial charge >= 0.3 is 0 Å². The van der Waals surface area contributed by atoms with Gasteiger partial charge in [-0.2, -0.15) is 0 Å². The molecule has 1 aromatic rings. The first-order chi connectivity index (χ1) is 5.74. The van der Waals surface area contributed by atoms with Gasteiger partial charge in [0.15, 0.2) is 0 Å². The van der Waals surface area contributed by atoms with Gasteiger partial charge in [-0.05, 0) is 25.5 Å². The van der Waals surface area contributed by atoms with Gasteiger partial charge in [0.2, 0.25) is 0 Å². The van der Waals surface area contributed by atoms with Crippen LogP contribution in [0.3, 0.4) is 0 Å². The van der Waals surface area contributed by atoms with Crippen LogP contribution in [0.15, 0.2) is 24.3 Å². The Bertz CT molecular complexity index is 247. The third kappa shape index (κ3) is 2.42. The smallest absolute Gasteiger partial charge is 0.122 e. The lowest BCUT2D eigenvalue weighted by molar-refractivity contribution is 0.244. The lowest BCUT2D eigenvalue weighted by Gasteiger charge is -2.13. The van der Waals surface area contributed by atoms with E-state index in [0.29, 0.717) is 5.88 Å². The Balaban J connectivity index is 2.69. The van der Waals surface area contributed by atoms with Gasteiger partial charge in [-0.3, -0.25) is 0 Å². The Morgan fingerprint density at radius 2 is 2.08 bits per heavy atom. The van der Waals surface area contributed by atoms with Crippen molar-refractivity contribution in [2.75, 3.05) is 5.88 Å². The zero-order chi connectivity index (χ0) is 8.97. The van der Waals surface area contributed by atoms with Gasteiger partial charge in [0.25, 0.3) is 0 Å². The van der Waals surface area contributed by atoms with Crippen molar-refractivity contribution in [1.82, 2.24) is 0 Å². The molecule has 0 aliphatic rings. The van der Waals surface area contributed by atoms with Crippen LogP contribution in [0.5, 0.6) is 5.75 Å². The van der Waals surface area contributed by atoms with E-state index in [1.54, 1.807) is 0 Å². The second kappa shape index (κ2) is 4.36. The average molecular weight is 185 g/mol. The molecule has 0 saturated heterocycles. The van der Waals surface area contributed by atoms with Crippen LogP contribution in [0.1, 0.15) is 12.5 Å². The van der Waals surface area contributed by atoms with E-state index in [2.05, 4.69) is 0 Å². The molecule has 0 saturated carbocycles. The Labute approximate surface area is 78.3 Å². The minimum Gasteiger partial charge on any atom is -0.489 e. The SMILES string of the molecule is Cc1ccccc1OC(C)CCl. The summed E-state index contributed by atoms with van der Waals surface area (Å²) >= 11 is 5.63. The van der Waals surface area contributed by atoms with Crippen molar-refractivity contribution in [3.05, 3.63) is 29.8 Å². The molecular weight excluding hydrogens is 172 g/mol. The van der Waals surface area contributed by atoms with Gasteiger partial charge < -0.3 is 4.74 Å². The second-order valence-corrected chi connectivity index (χ2v) is 3.16. The number of hydrogen-bond donors (Lipinski definition) is 0. The molecule has 1 aromatic carbocycles. The fourth-order valence-corrected chi connectivity index (χ4v) is 1.000. The molecular formula is C10H13ClO. The molecule has 1 rings (SSSR count). The molecule has 12 heavy (non-hydrogen) atoms. The van der Waals surface area contributed by atoms with Gasteiger partial charge in [0.1, 0.15) is 11.9 Å². The van der Waals surface area contributed by atoms with Crippen LogP contribution in [-0.2, 0) is 0 Å². The summed E-state index contributed by atoms with van der Waals surface area (Å²) in [5, 5.41) is 0. The van der Waals surface area contributed by atoms with Crippen LogP contribution >= 0.6 is 11.6 Å². The Morgan fingerprint density at radius 3 is 2.67 bits per heavy atom. The van der Waals surface area contributed by atoms with Crippen molar-refractivity contribution in [1.29, 1.82) is 0 Å². The highest BCUT2D eigenvalue weighted by atomic mass is 35.5. The number of para-hydroxylation sites is 1. The summed E-state index contributed by atoms with van der Waals surface area (Å²) in [6, 6.07) is 7.94. The molecule has 0 fully saturated rings. The van der Waals surface area contributed by atoms with Gasteiger partial charge in [-0.25, -0.2) is 0 Å². The molecule has 2 heteroatoms. The van der Waals surface area contributed by atoms with Crippen LogP contribution < -0.4 is 4.74 Å². The Hall–Kier alpha value is -0.690. The first-order valence-electron chi connectivity index (χ1n) is 4.02. The molecule has 1 atom stereocenters. The number of aryl methyl sites for hydroxylation is 1. The topological polar surface area (TPSA) is 9.23 Å². The van der Waals surface area contributed by atoms with Gasteiger partial charge in [-0.15, -0.1) is 11.6 Å². The molecule has 0 radical (unpaired) electrons. The van der Waals surface area contributed by atoms with Gasteiger partial charge in [-0.1, -0.05) is 18.2 Å². The lowest BCUT2D eigenvalue weighted by Crippen LogP contribution is -2.13. The molecule has 0 aromatic heterocycles. The number of benzene rings is 1. The predicted octanol–water partition coefficient (Wildman–Crippen LogP) is 3.00. The number of hydrogen-bond acceptors (Lipinski definition) is 1. The number of rotatable bonds is 3. The Morgan fingerprint density at radius 1 is 1.42 bits per heavy atom. The fourth-order valence-electron chi connectivity index (χ4n) is 0.937. The maximum atomic E-state index is 5.63. The largest absolute Gasteiger partial charge is 0.489 e. The van der Waals surface area contributed by atoms with E-state index in [1.807, 2.05) is 38.1 Å². The number of ether oxygens (including phenoxy) is 1. The molecule has 0 aliphatic carbocycles. The first kappa shape index (κ1) is 9.40. The Kier molecular flexibility index (Phi) is 3.42. The van der Waals surface area contributed by atoms with Crippen molar-refractivity contribution < 1.29 is 4.74 Å². The van der Waals surface area contributed by atoms with Gasteiger partial charge in [0, 0.05) is 0 Å². The van der Waals surface area contributed by atoms with Crippen molar-refractivity contribution >= 4 is 11.6 Å². The quantitative estimate of drug-likeness (QED) is 0.657. The van der Waals surface area contributed by atoms with E-state index >= 15 is 0 Å². The van der Waals surface area contributed by atoms with E-state index < -0.39 is 0 Å². The molecule has 1 unspecified atom stereocenters. The summed E-state index contributed by atoms with van der Waals surface area (Å²) in [5.74, 6) is 1.44. The van der Waals surface area contributed by atoms with Crippen molar-refractivity contribution in [3.63, 3.8) is 0 Å². The zero-order valence-electron chi connectivity index (χ0n) is 7.38. The third-order valence-corrected chi connectivity index (χ3v) is 2.07. The summed E-state index contributed by atoms with van der Waals surface area (Å²) in [6.07, 6.45) is 0.0766. The maximum Gasteiger partial charge on any atom is 0.122 e. The van der Waals surface area contributed by atoms with Crippen molar-refractivity contribution in [3.8, 4) is 5.75 Å². The normalized spacial score (nSPS) is 12.6. The maximum absolute atomic E-state index is 5.63. The zero-order valence-corrected chi connectivity index (χ0v) is 8.14. The predicted molar refractivity (Wildman–Crippen MR) is 52.0 cm³/mol. The molecule has 66 valence electrons. The molecule has 1 nitrogen and oxygen atoms in total. The summed E-state index contributed by atoms with van der Waals surface area (Å²) in [4.78, 5) is 0. The minimum atomic E-state index is 0.0766. The van der Waals surface area contributed by atoms with Crippen LogP contribution in [-0.4, -0.2) is 12.0 Å². The van der Waals surface area contributed by atoms with Gasteiger partial charge in [0.05, 0.1) is 5.88 Å². The highest BCUT2D eigenvalue weighted by molar-refractivity contribution is 6.18. The van der Waals surface area contributed by atoms with E-state index in [0.717, 1.165) is 11.3 Å². The molecule has 0 aliphatic heterocycles. The van der Waals surface area contributed by atoms with Crippen molar-refractivity contribution in [2.45, 2.75) is 20.0 Å². The first-order valence-corrected chi connectivity index (χ1v) is 4.55. The standard InChI is InChI=1S/C10H13ClO/c1-8-5-3-4-6-10(8)12-9(2)7-11/h3-6,9H,7H2,1-2H3. The summed E-state index contributed by atoms with van der Waals surface area (Å²) in [6.45, 7) is 3.98. The summed E-state index contributed by atoms with van der Waals surface area (Å²) < 4.78 is 5.56. The van der Waals surface area contributed by atoms with Crippen LogP contribution in [0.2, 0.25) is 0 Å². The van der Waals surface area contributed by atoms with E-state index in [4.69, 9.17) is 16.3 Å². The lowest BCUT2D eigenvalue weighted by atomic mass is 10.2. The van der Waals surface area contributed by atoms with E-state index in [-0.39, 0.29) is 6.10 Å². The molecule has 0 heterocycles. The fraction of sp³-hybridized carbons (Fsp3) is 0.400. The second-order valence-electron chi connectivity index (χ2n) is 2.85. The number of alkyl halides is 1. The summed E-state index contributed by atoms with van der Waals surface area (Å²) in [5.41, 5.74) is 1.15. The monoisotopic (exact) mass is 184 g/mol. The number of halogens is 1. The van der Waals surface area contributed by atoms with E-state index in [1.165, 1.54) is 0 Å². The minimum absolute atomic E-state index is 0.0766.